The average Bonchev–Trinajstić information content (AvgIpc) is 3.12. The number of carbonyl (C=O) groups excluding carboxylic acids is 1. The molecule has 0 radical (unpaired) electrons. The molecule has 1 amide bonds. The summed E-state index contributed by atoms with van der Waals surface area (Å²) in [6.07, 6.45) is -3.80. The van der Waals surface area contributed by atoms with Gasteiger partial charge in [0.15, 0.2) is 0 Å². The first-order valence-electron chi connectivity index (χ1n) is 9.36. The monoisotopic (exact) mass is 399 g/mol. The topological polar surface area (TPSA) is 60.0 Å². The Kier molecular flexibility index (Phi) is 4.92. The number of fused-ring (bicyclic) bond motifs is 1. The van der Waals surface area contributed by atoms with Crippen LogP contribution in [0.5, 0.6) is 0 Å². The van der Waals surface area contributed by atoms with Gasteiger partial charge < -0.3 is 15.6 Å². The van der Waals surface area contributed by atoms with Crippen molar-refractivity contribution in [1.29, 1.82) is 0 Å². The minimum atomic E-state index is -4.44. The van der Waals surface area contributed by atoms with E-state index >= 15 is 0 Å². The van der Waals surface area contributed by atoms with Gasteiger partial charge in [-0.15, -0.1) is 0 Å². The number of alkyl halides is 3. The minimum Gasteiger partial charge on any atom is -0.349 e. The smallest absolute Gasteiger partial charge is 0.349 e. The van der Waals surface area contributed by atoms with E-state index in [1.165, 1.54) is 6.07 Å². The number of nitrogens with zero attached hydrogens (tertiary/aromatic N) is 1. The van der Waals surface area contributed by atoms with E-state index in [4.69, 9.17) is 5.73 Å². The second-order valence-electron chi connectivity index (χ2n) is 7.05. The Bertz CT molecular complexity index is 1040. The predicted molar refractivity (Wildman–Crippen MR) is 105 cm³/mol. The van der Waals surface area contributed by atoms with Gasteiger partial charge in [-0.2, -0.15) is 13.2 Å². The third-order valence-corrected chi connectivity index (χ3v) is 5.18. The molecule has 0 saturated heterocycles. The van der Waals surface area contributed by atoms with Crippen LogP contribution in [0.15, 0.2) is 60.7 Å². The fourth-order valence-electron chi connectivity index (χ4n) is 3.87. The van der Waals surface area contributed by atoms with Crippen LogP contribution in [-0.2, 0) is 6.18 Å². The highest BCUT2D eigenvalue weighted by Crippen LogP contribution is 2.40. The molecule has 4 nitrogen and oxygen atoms in total. The van der Waals surface area contributed by atoms with Gasteiger partial charge in [0, 0.05) is 12.1 Å². The molecule has 0 bridgehead atoms. The SMILES string of the molecule is NCCC1CNC(=O)c2cc(-c3cccc(C(F)(F)F)c3)c(-c3ccccc3)n21. The highest BCUT2D eigenvalue weighted by Gasteiger charge is 2.33. The lowest BCUT2D eigenvalue weighted by molar-refractivity contribution is -0.137. The summed E-state index contributed by atoms with van der Waals surface area (Å²) in [4.78, 5) is 12.5. The van der Waals surface area contributed by atoms with Gasteiger partial charge in [-0.25, -0.2) is 0 Å². The summed E-state index contributed by atoms with van der Waals surface area (Å²) in [6.45, 7) is 0.866. The molecule has 7 heteroatoms. The molecule has 1 atom stereocenters. The lowest BCUT2D eigenvalue weighted by atomic mass is 9.99. The fraction of sp³-hybridized carbons (Fsp3) is 0.227. The molecule has 0 spiro atoms. The highest BCUT2D eigenvalue weighted by atomic mass is 19.4. The van der Waals surface area contributed by atoms with Crippen LogP contribution in [-0.4, -0.2) is 23.6 Å². The van der Waals surface area contributed by atoms with Gasteiger partial charge in [0.05, 0.1) is 17.3 Å². The Labute approximate surface area is 166 Å². The van der Waals surface area contributed by atoms with Crippen molar-refractivity contribution < 1.29 is 18.0 Å². The van der Waals surface area contributed by atoms with Crippen molar-refractivity contribution in [3.63, 3.8) is 0 Å². The van der Waals surface area contributed by atoms with Crippen LogP contribution in [0.1, 0.15) is 28.5 Å². The molecule has 29 heavy (non-hydrogen) atoms. The van der Waals surface area contributed by atoms with Crippen LogP contribution in [0, 0.1) is 0 Å². The molecule has 3 N–H and O–H groups in total. The van der Waals surface area contributed by atoms with E-state index in [1.807, 2.05) is 34.9 Å². The number of carbonyl (C=O) groups is 1. The van der Waals surface area contributed by atoms with Gasteiger partial charge in [-0.1, -0.05) is 42.5 Å². The lowest BCUT2D eigenvalue weighted by Gasteiger charge is -2.28. The van der Waals surface area contributed by atoms with E-state index in [0.717, 1.165) is 23.4 Å². The van der Waals surface area contributed by atoms with Gasteiger partial charge in [0.25, 0.3) is 5.91 Å². The highest BCUT2D eigenvalue weighted by molar-refractivity contribution is 5.98. The number of hydrogen-bond acceptors (Lipinski definition) is 2. The fourth-order valence-corrected chi connectivity index (χ4v) is 3.87. The summed E-state index contributed by atoms with van der Waals surface area (Å²) < 4.78 is 41.8. The van der Waals surface area contributed by atoms with Gasteiger partial charge in [-0.3, -0.25) is 4.79 Å². The normalized spacial score (nSPS) is 16.4. The number of amides is 1. The van der Waals surface area contributed by atoms with Crippen molar-refractivity contribution in [2.75, 3.05) is 13.1 Å². The Morgan fingerprint density at radius 3 is 2.45 bits per heavy atom. The molecular weight excluding hydrogens is 379 g/mol. The molecule has 150 valence electrons. The summed E-state index contributed by atoms with van der Waals surface area (Å²) in [7, 11) is 0. The maximum absolute atomic E-state index is 13.3. The largest absolute Gasteiger partial charge is 0.416 e. The van der Waals surface area contributed by atoms with Crippen LogP contribution in [0.4, 0.5) is 13.2 Å². The average molecular weight is 399 g/mol. The third kappa shape index (κ3) is 3.53. The Morgan fingerprint density at radius 1 is 1.03 bits per heavy atom. The second-order valence-corrected chi connectivity index (χ2v) is 7.05. The predicted octanol–water partition coefficient (Wildman–Crippen LogP) is 4.47. The number of aromatic nitrogens is 1. The molecule has 0 aliphatic carbocycles. The van der Waals surface area contributed by atoms with Crippen LogP contribution < -0.4 is 11.1 Å². The number of halogens is 3. The zero-order valence-electron chi connectivity index (χ0n) is 15.5. The van der Waals surface area contributed by atoms with Crippen molar-refractivity contribution in [3.05, 3.63) is 71.9 Å². The number of hydrogen-bond donors (Lipinski definition) is 2. The summed E-state index contributed by atoms with van der Waals surface area (Å²) >= 11 is 0. The van der Waals surface area contributed by atoms with Crippen LogP contribution >= 0.6 is 0 Å². The summed E-state index contributed by atoms with van der Waals surface area (Å²) in [5.74, 6) is -0.242. The first-order chi connectivity index (χ1) is 13.9. The first-order valence-corrected chi connectivity index (χ1v) is 9.36. The standard InChI is InChI=1S/C22H20F3N3O/c23-22(24,25)16-8-4-7-15(11-16)18-12-19-21(29)27-13-17(9-10-26)28(19)20(18)14-5-2-1-3-6-14/h1-8,11-12,17H,9-10,13,26H2,(H,27,29). The molecule has 1 aromatic heterocycles. The van der Waals surface area contributed by atoms with Crippen molar-refractivity contribution >= 4 is 5.91 Å². The van der Waals surface area contributed by atoms with Crippen LogP contribution in [0.25, 0.3) is 22.4 Å². The van der Waals surface area contributed by atoms with Crippen molar-refractivity contribution in [2.24, 2.45) is 5.73 Å². The first kappa shape index (κ1) is 19.3. The van der Waals surface area contributed by atoms with Gasteiger partial charge in [0.1, 0.15) is 5.69 Å². The molecule has 2 aromatic carbocycles. The molecule has 1 aliphatic rings. The van der Waals surface area contributed by atoms with E-state index in [2.05, 4.69) is 5.32 Å². The Morgan fingerprint density at radius 2 is 1.76 bits per heavy atom. The van der Waals surface area contributed by atoms with Crippen LogP contribution in [0.2, 0.25) is 0 Å². The molecule has 3 aromatic rings. The maximum atomic E-state index is 13.3. The summed E-state index contributed by atoms with van der Waals surface area (Å²) in [5, 5.41) is 2.86. The van der Waals surface area contributed by atoms with Crippen LogP contribution in [0.3, 0.4) is 0 Å². The van der Waals surface area contributed by atoms with Crippen molar-refractivity contribution in [2.45, 2.75) is 18.6 Å². The summed E-state index contributed by atoms with van der Waals surface area (Å²) in [6, 6.07) is 16.2. The zero-order valence-corrected chi connectivity index (χ0v) is 15.5. The van der Waals surface area contributed by atoms with E-state index in [-0.39, 0.29) is 11.9 Å². The molecule has 1 unspecified atom stereocenters. The maximum Gasteiger partial charge on any atom is 0.416 e. The quantitative estimate of drug-likeness (QED) is 0.680. The summed E-state index contributed by atoms with van der Waals surface area (Å²) in [5.41, 5.74) is 8.06. The van der Waals surface area contributed by atoms with Crippen molar-refractivity contribution in [1.82, 2.24) is 9.88 Å². The number of nitrogens with two attached hydrogens (primary N) is 1. The minimum absolute atomic E-state index is 0.0672. The number of benzene rings is 2. The molecule has 4 rings (SSSR count). The number of rotatable bonds is 4. The number of nitrogens with one attached hydrogen (secondary N) is 1. The molecule has 1 aliphatic heterocycles. The third-order valence-electron chi connectivity index (χ3n) is 5.18. The van der Waals surface area contributed by atoms with E-state index in [0.29, 0.717) is 36.3 Å². The van der Waals surface area contributed by atoms with Crippen molar-refractivity contribution in [3.8, 4) is 22.4 Å². The van der Waals surface area contributed by atoms with Gasteiger partial charge in [-0.05, 0) is 42.3 Å². The second kappa shape index (κ2) is 7.40. The van der Waals surface area contributed by atoms with Gasteiger partial charge >= 0.3 is 6.18 Å². The van der Waals surface area contributed by atoms with E-state index < -0.39 is 11.7 Å². The Hall–Kier alpha value is -3.06. The molecule has 0 saturated carbocycles. The molecule has 0 fully saturated rings. The molecule has 2 heterocycles. The molecular formula is C22H20F3N3O. The zero-order chi connectivity index (χ0) is 20.6. The van der Waals surface area contributed by atoms with E-state index in [1.54, 1.807) is 12.1 Å². The van der Waals surface area contributed by atoms with E-state index in [9.17, 15) is 18.0 Å². The van der Waals surface area contributed by atoms with Gasteiger partial charge in [0.2, 0.25) is 0 Å². The lowest BCUT2D eigenvalue weighted by Crippen LogP contribution is -2.39. The Balaban J connectivity index is 1.98.